The predicted molar refractivity (Wildman–Crippen MR) is 68.0 cm³/mol. The van der Waals surface area contributed by atoms with Crippen molar-refractivity contribution >= 4 is 11.6 Å². The van der Waals surface area contributed by atoms with Crippen molar-refractivity contribution in [2.75, 3.05) is 23.8 Å². The van der Waals surface area contributed by atoms with Gasteiger partial charge in [-0.1, -0.05) is 18.9 Å². The molecular formula is C13H19N3O. The molecule has 2 unspecified atom stereocenters. The molecule has 4 heteroatoms. The third-order valence-corrected chi connectivity index (χ3v) is 3.78. The molecule has 2 aliphatic rings. The van der Waals surface area contributed by atoms with Gasteiger partial charge in [0.15, 0.2) is 0 Å². The Labute approximate surface area is 102 Å². The van der Waals surface area contributed by atoms with E-state index in [4.69, 9.17) is 10.5 Å². The van der Waals surface area contributed by atoms with Crippen molar-refractivity contribution in [3.63, 3.8) is 0 Å². The summed E-state index contributed by atoms with van der Waals surface area (Å²) in [6.45, 7) is 1.73. The van der Waals surface area contributed by atoms with E-state index in [0.29, 0.717) is 18.0 Å². The summed E-state index contributed by atoms with van der Waals surface area (Å²) in [6, 6.07) is 6.35. The number of anilines is 2. The number of ether oxygens (including phenoxy) is 1. The van der Waals surface area contributed by atoms with Gasteiger partial charge >= 0.3 is 0 Å². The Morgan fingerprint density at radius 2 is 2.18 bits per heavy atom. The van der Waals surface area contributed by atoms with Crippen LogP contribution < -0.4 is 10.6 Å². The number of aromatic nitrogens is 1. The highest BCUT2D eigenvalue weighted by molar-refractivity contribution is 5.46. The first-order valence-corrected chi connectivity index (χ1v) is 6.45. The average molecular weight is 233 g/mol. The molecule has 2 fully saturated rings. The van der Waals surface area contributed by atoms with Gasteiger partial charge in [0.25, 0.3) is 0 Å². The molecule has 1 aromatic rings. The Morgan fingerprint density at radius 3 is 3.06 bits per heavy atom. The molecule has 1 aliphatic heterocycles. The van der Waals surface area contributed by atoms with E-state index in [1.54, 1.807) is 0 Å². The van der Waals surface area contributed by atoms with Crippen molar-refractivity contribution in [3.05, 3.63) is 18.2 Å². The van der Waals surface area contributed by atoms with Crippen LogP contribution in [0.1, 0.15) is 25.7 Å². The van der Waals surface area contributed by atoms with E-state index >= 15 is 0 Å². The molecule has 0 aromatic carbocycles. The van der Waals surface area contributed by atoms with E-state index in [9.17, 15) is 0 Å². The predicted octanol–water partition coefficient (Wildman–Crippen LogP) is 1.81. The van der Waals surface area contributed by atoms with E-state index < -0.39 is 0 Å². The Morgan fingerprint density at radius 1 is 1.29 bits per heavy atom. The van der Waals surface area contributed by atoms with E-state index in [1.165, 1.54) is 25.7 Å². The van der Waals surface area contributed by atoms with Gasteiger partial charge in [0.2, 0.25) is 0 Å². The highest BCUT2D eigenvalue weighted by Crippen LogP contribution is 2.31. The van der Waals surface area contributed by atoms with Crippen molar-refractivity contribution in [1.82, 2.24) is 4.98 Å². The van der Waals surface area contributed by atoms with Gasteiger partial charge in [-0.3, -0.25) is 0 Å². The van der Waals surface area contributed by atoms with Crippen molar-refractivity contribution in [2.24, 2.45) is 0 Å². The molecule has 2 atom stereocenters. The smallest absolute Gasteiger partial charge is 0.131 e. The fourth-order valence-corrected chi connectivity index (χ4v) is 2.98. The zero-order valence-corrected chi connectivity index (χ0v) is 10.0. The van der Waals surface area contributed by atoms with Crippen molar-refractivity contribution in [3.8, 4) is 0 Å². The molecule has 1 saturated heterocycles. The van der Waals surface area contributed by atoms with Gasteiger partial charge < -0.3 is 15.4 Å². The summed E-state index contributed by atoms with van der Waals surface area (Å²) in [5.74, 6) is 1.60. The Bertz CT molecular complexity index is 394. The van der Waals surface area contributed by atoms with Crippen LogP contribution in [0.25, 0.3) is 0 Å². The number of hydrogen-bond donors (Lipinski definition) is 1. The van der Waals surface area contributed by atoms with Crippen molar-refractivity contribution < 1.29 is 4.74 Å². The molecule has 0 bridgehead atoms. The lowest BCUT2D eigenvalue weighted by Crippen LogP contribution is -2.53. The van der Waals surface area contributed by atoms with E-state index in [0.717, 1.165) is 19.0 Å². The first-order chi connectivity index (χ1) is 8.34. The Hall–Kier alpha value is -1.29. The lowest BCUT2D eigenvalue weighted by molar-refractivity contribution is -0.00897. The summed E-state index contributed by atoms with van der Waals surface area (Å²) in [5.41, 5.74) is 5.76. The molecular weight excluding hydrogens is 214 g/mol. The lowest BCUT2D eigenvalue weighted by Gasteiger charge is -2.44. The molecule has 1 saturated carbocycles. The van der Waals surface area contributed by atoms with E-state index in [-0.39, 0.29) is 0 Å². The van der Waals surface area contributed by atoms with Crippen molar-refractivity contribution in [1.29, 1.82) is 0 Å². The summed E-state index contributed by atoms with van der Waals surface area (Å²) in [6.07, 6.45) is 5.37. The molecule has 2 heterocycles. The van der Waals surface area contributed by atoms with Gasteiger partial charge in [-0.25, -0.2) is 4.98 Å². The minimum absolute atomic E-state index is 0.390. The molecule has 1 aromatic heterocycles. The number of pyridine rings is 1. The SMILES string of the molecule is Nc1cccc(N2CCOC3CCCCC32)n1. The summed E-state index contributed by atoms with van der Waals surface area (Å²) in [4.78, 5) is 6.81. The Balaban J connectivity index is 1.85. The van der Waals surface area contributed by atoms with Crippen LogP contribution in [-0.4, -0.2) is 30.3 Å². The molecule has 0 amide bonds. The van der Waals surface area contributed by atoms with Crippen LogP contribution in [-0.2, 0) is 4.74 Å². The number of rotatable bonds is 1. The van der Waals surface area contributed by atoms with Crippen LogP contribution in [0.2, 0.25) is 0 Å². The molecule has 3 rings (SSSR count). The molecule has 0 spiro atoms. The molecule has 2 N–H and O–H groups in total. The van der Waals surface area contributed by atoms with E-state index in [2.05, 4.69) is 9.88 Å². The number of nitrogens with zero attached hydrogens (tertiary/aromatic N) is 2. The Kier molecular flexibility index (Phi) is 2.89. The number of morpholine rings is 1. The fourth-order valence-electron chi connectivity index (χ4n) is 2.98. The molecule has 1 aliphatic carbocycles. The zero-order chi connectivity index (χ0) is 11.7. The van der Waals surface area contributed by atoms with Crippen LogP contribution in [0.15, 0.2) is 18.2 Å². The number of nitrogens with two attached hydrogens (primary N) is 1. The standard InChI is InChI=1S/C13H19N3O/c14-12-6-3-7-13(15-12)16-8-9-17-11-5-2-1-4-10(11)16/h3,6-7,10-11H,1-2,4-5,8-9H2,(H2,14,15). The van der Waals surface area contributed by atoms with Gasteiger partial charge in [-0.15, -0.1) is 0 Å². The van der Waals surface area contributed by atoms with Crippen LogP contribution in [0.5, 0.6) is 0 Å². The first-order valence-electron chi connectivity index (χ1n) is 6.45. The van der Waals surface area contributed by atoms with Crippen LogP contribution in [0, 0.1) is 0 Å². The van der Waals surface area contributed by atoms with Crippen LogP contribution >= 0.6 is 0 Å². The van der Waals surface area contributed by atoms with Gasteiger partial charge in [0.05, 0.1) is 18.8 Å². The monoisotopic (exact) mass is 233 g/mol. The third kappa shape index (κ3) is 2.09. The fraction of sp³-hybridized carbons (Fsp3) is 0.615. The number of nitrogen functional groups attached to an aromatic ring is 1. The number of hydrogen-bond acceptors (Lipinski definition) is 4. The summed E-state index contributed by atoms with van der Waals surface area (Å²) in [5, 5.41) is 0. The largest absolute Gasteiger partial charge is 0.384 e. The lowest BCUT2D eigenvalue weighted by atomic mass is 9.90. The van der Waals surface area contributed by atoms with Gasteiger partial charge in [0, 0.05) is 6.54 Å². The van der Waals surface area contributed by atoms with Gasteiger partial charge in [0.1, 0.15) is 11.6 Å². The van der Waals surface area contributed by atoms with Crippen LogP contribution in [0.4, 0.5) is 11.6 Å². The minimum Gasteiger partial charge on any atom is -0.384 e. The van der Waals surface area contributed by atoms with E-state index in [1.807, 2.05) is 18.2 Å². The van der Waals surface area contributed by atoms with Gasteiger partial charge in [-0.05, 0) is 25.0 Å². The quantitative estimate of drug-likeness (QED) is 0.803. The normalized spacial score (nSPS) is 28.8. The molecule has 92 valence electrons. The second-order valence-corrected chi connectivity index (χ2v) is 4.88. The second kappa shape index (κ2) is 4.53. The molecule has 17 heavy (non-hydrogen) atoms. The highest BCUT2D eigenvalue weighted by Gasteiger charge is 2.34. The average Bonchev–Trinajstić information content (AvgIpc) is 2.38. The highest BCUT2D eigenvalue weighted by atomic mass is 16.5. The topological polar surface area (TPSA) is 51.4 Å². The van der Waals surface area contributed by atoms with Crippen LogP contribution in [0.3, 0.4) is 0 Å². The molecule has 4 nitrogen and oxygen atoms in total. The maximum atomic E-state index is 5.86. The maximum Gasteiger partial charge on any atom is 0.131 e. The van der Waals surface area contributed by atoms with Gasteiger partial charge in [-0.2, -0.15) is 0 Å². The summed E-state index contributed by atoms with van der Waals surface area (Å²) < 4.78 is 5.86. The second-order valence-electron chi connectivity index (χ2n) is 4.88. The zero-order valence-electron chi connectivity index (χ0n) is 10.0. The molecule has 0 radical (unpaired) electrons. The third-order valence-electron chi connectivity index (χ3n) is 3.78. The summed E-state index contributed by atoms with van der Waals surface area (Å²) in [7, 11) is 0. The first kappa shape index (κ1) is 10.8. The minimum atomic E-state index is 0.390. The summed E-state index contributed by atoms with van der Waals surface area (Å²) >= 11 is 0. The maximum absolute atomic E-state index is 5.86. The van der Waals surface area contributed by atoms with Crippen molar-refractivity contribution in [2.45, 2.75) is 37.8 Å². The number of fused-ring (bicyclic) bond motifs is 1.